The molecule has 4 rings (SSSR count). The summed E-state index contributed by atoms with van der Waals surface area (Å²) < 4.78 is 10.9. The quantitative estimate of drug-likeness (QED) is 0.549. The molecule has 1 aromatic carbocycles. The van der Waals surface area contributed by atoms with Crippen molar-refractivity contribution in [1.29, 1.82) is 0 Å². The molecule has 3 aliphatic heterocycles. The Hall–Kier alpha value is -2.78. The number of esters is 1. The lowest BCUT2D eigenvalue weighted by atomic mass is 9.93. The average molecular weight is 485 g/mol. The second-order valence-electron chi connectivity index (χ2n) is 8.38. The molecule has 0 saturated carbocycles. The molecule has 0 aromatic heterocycles. The second kappa shape index (κ2) is 10.7. The normalized spacial score (nSPS) is 20.6. The molecule has 3 aliphatic rings. The van der Waals surface area contributed by atoms with Gasteiger partial charge >= 0.3 is 5.97 Å². The van der Waals surface area contributed by atoms with Gasteiger partial charge in [0.1, 0.15) is 5.75 Å². The number of piperazine rings is 1. The fourth-order valence-corrected chi connectivity index (χ4v) is 5.51. The highest BCUT2D eigenvalue weighted by atomic mass is 32.2. The van der Waals surface area contributed by atoms with Crippen LogP contribution in [0.3, 0.4) is 0 Å². The highest BCUT2D eigenvalue weighted by molar-refractivity contribution is 8.16. The van der Waals surface area contributed by atoms with E-state index < -0.39 is 12.0 Å². The summed E-state index contributed by atoms with van der Waals surface area (Å²) in [6.07, 6.45) is 0.258. The number of benzene rings is 1. The van der Waals surface area contributed by atoms with Crippen LogP contribution in [-0.2, 0) is 14.3 Å². The van der Waals surface area contributed by atoms with Crippen LogP contribution in [0.5, 0.6) is 5.75 Å². The number of hydrogen-bond acceptors (Lipinski definition) is 8. The predicted octanol–water partition coefficient (Wildman–Crippen LogP) is 3.39. The van der Waals surface area contributed by atoms with Crippen LogP contribution in [0, 0.1) is 0 Å². The van der Waals surface area contributed by atoms with Gasteiger partial charge in [0.2, 0.25) is 5.91 Å². The molecule has 1 amide bonds. The van der Waals surface area contributed by atoms with Crippen molar-refractivity contribution in [2.45, 2.75) is 33.2 Å². The van der Waals surface area contributed by atoms with Crippen LogP contribution in [0.1, 0.15) is 38.8 Å². The van der Waals surface area contributed by atoms with Crippen molar-refractivity contribution in [2.75, 3.05) is 46.4 Å². The Labute approximate surface area is 205 Å². The van der Waals surface area contributed by atoms with E-state index in [0.717, 1.165) is 49.2 Å². The van der Waals surface area contributed by atoms with Gasteiger partial charge in [0.25, 0.3) is 0 Å². The Bertz CT molecular complexity index is 1040. The summed E-state index contributed by atoms with van der Waals surface area (Å²) in [5.41, 5.74) is 2.83. The van der Waals surface area contributed by atoms with Gasteiger partial charge in [-0.1, -0.05) is 30.8 Å². The van der Waals surface area contributed by atoms with E-state index in [0.29, 0.717) is 17.0 Å². The summed E-state index contributed by atoms with van der Waals surface area (Å²) in [6.45, 7) is 10.3. The first-order valence-corrected chi connectivity index (χ1v) is 12.6. The van der Waals surface area contributed by atoms with Crippen molar-refractivity contribution < 1.29 is 19.1 Å². The maximum absolute atomic E-state index is 13.2. The lowest BCUT2D eigenvalue weighted by Crippen LogP contribution is -2.49. The van der Waals surface area contributed by atoms with Crippen molar-refractivity contribution in [3.63, 3.8) is 0 Å². The molecule has 0 spiro atoms. The molecule has 0 aliphatic carbocycles. The first-order chi connectivity index (χ1) is 16.5. The van der Waals surface area contributed by atoms with E-state index in [1.54, 1.807) is 14.0 Å². The molecule has 9 heteroatoms. The minimum Gasteiger partial charge on any atom is -0.497 e. The van der Waals surface area contributed by atoms with Crippen LogP contribution < -0.4 is 4.74 Å². The Morgan fingerprint density at radius 2 is 1.94 bits per heavy atom. The molecule has 1 saturated heterocycles. The number of amidine groups is 1. The number of carbonyl (C=O) groups is 2. The molecule has 1 fully saturated rings. The lowest BCUT2D eigenvalue weighted by molar-refractivity contribution is -0.139. The number of likely N-dealkylation sites (N-methyl/N-ethyl adjacent to an activating group) is 1. The molecule has 0 unspecified atom stereocenters. The van der Waals surface area contributed by atoms with Crippen molar-refractivity contribution in [3.8, 4) is 5.75 Å². The largest absolute Gasteiger partial charge is 0.497 e. The molecule has 8 nitrogen and oxygen atoms in total. The maximum atomic E-state index is 13.2. The van der Waals surface area contributed by atoms with Gasteiger partial charge in [-0.2, -0.15) is 0 Å². The Kier molecular flexibility index (Phi) is 7.63. The molecular formula is C25H32N4O4S. The molecule has 0 radical (unpaired) electrons. The highest BCUT2D eigenvalue weighted by Gasteiger charge is 2.41. The van der Waals surface area contributed by atoms with Crippen molar-refractivity contribution >= 4 is 28.8 Å². The van der Waals surface area contributed by atoms with Gasteiger partial charge in [0, 0.05) is 31.9 Å². The summed E-state index contributed by atoms with van der Waals surface area (Å²) in [7, 11) is 1.62. The summed E-state index contributed by atoms with van der Waals surface area (Å²) >= 11 is 1.48. The summed E-state index contributed by atoms with van der Waals surface area (Å²) in [4.78, 5) is 37.3. The van der Waals surface area contributed by atoms with Crippen LogP contribution in [0.2, 0.25) is 0 Å². The predicted molar refractivity (Wildman–Crippen MR) is 133 cm³/mol. The van der Waals surface area contributed by atoms with Crippen LogP contribution in [0.25, 0.3) is 0 Å². The standard InChI is InChI=1S/C25H32N4O4S/c1-5-27-10-12-28(13-11-27)21(30)15-19-16-34-25-26-17(3)22(24(31)33-6-2)23(29(19)25)18-8-7-9-20(14-18)32-4/h7-9,14,16,23H,5-6,10-13,15H2,1-4H3/t23-/m1/s1. The van der Waals surface area contributed by atoms with E-state index in [9.17, 15) is 9.59 Å². The maximum Gasteiger partial charge on any atom is 0.338 e. The van der Waals surface area contributed by atoms with E-state index in [-0.39, 0.29) is 18.9 Å². The van der Waals surface area contributed by atoms with Gasteiger partial charge in [-0.15, -0.1) is 0 Å². The smallest absolute Gasteiger partial charge is 0.338 e. The molecule has 34 heavy (non-hydrogen) atoms. The summed E-state index contributed by atoms with van der Waals surface area (Å²) in [6, 6.07) is 7.22. The Morgan fingerprint density at radius 1 is 1.18 bits per heavy atom. The monoisotopic (exact) mass is 484 g/mol. The molecule has 0 bridgehead atoms. The third kappa shape index (κ3) is 4.86. The Morgan fingerprint density at radius 3 is 2.62 bits per heavy atom. The Balaban J connectivity index is 1.64. The van der Waals surface area contributed by atoms with Crippen LogP contribution in [0.4, 0.5) is 0 Å². The van der Waals surface area contributed by atoms with Gasteiger partial charge in [0.05, 0.1) is 37.4 Å². The number of fused-ring (bicyclic) bond motifs is 1. The zero-order valence-electron chi connectivity index (χ0n) is 20.2. The van der Waals surface area contributed by atoms with Crippen LogP contribution in [-0.4, -0.2) is 78.2 Å². The number of ether oxygens (including phenoxy) is 2. The number of rotatable bonds is 7. The van der Waals surface area contributed by atoms with E-state index in [2.05, 4.69) is 11.8 Å². The first-order valence-electron chi connectivity index (χ1n) is 11.7. The minimum absolute atomic E-state index is 0.0946. The molecule has 0 N–H and O–H groups in total. The van der Waals surface area contributed by atoms with E-state index in [1.165, 1.54) is 11.8 Å². The van der Waals surface area contributed by atoms with Crippen molar-refractivity contribution in [2.24, 2.45) is 4.99 Å². The van der Waals surface area contributed by atoms with E-state index in [1.807, 2.05) is 46.4 Å². The zero-order chi connectivity index (χ0) is 24.2. The minimum atomic E-state index is -0.451. The van der Waals surface area contributed by atoms with E-state index in [4.69, 9.17) is 14.5 Å². The van der Waals surface area contributed by atoms with Gasteiger partial charge in [-0.05, 0) is 43.5 Å². The SMILES string of the molecule is CCOC(=O)C1=C(C)N=C2SC=C(CC(=O)N3CCN(CC)CC3)N2[C@@H]1c1cccc(OC)c1. The highest BCUT2D eigenvalue weighted by Crippen LogP contribution is 2.45. The lowest BCUT2D eigenvalue weighted by Gasteiger charge is -2.37. The average Bonchev–Trinajstić information content (AvgIpc) is 3.25. The van der Waals surface area contributed by atoms with Gasteiger partial charge in [-0.25, -0.2) is 9.79 Å². The van der Waals surface area contributed by atoms with Crippen LogP contribution >= 0.6 is 11.8 Å². The third-order valence-electron chi connectivity index (χ3n) is 6.41. The van der Waals surface area contributed by atoms with Crippen molar-refractivity contribution in [3.05, 3.63) is 52.2 Å². The third-order valence-corrected chi connectivity index (χ3v) is 7.30. The number of amides is 1. The second-order valence-corrected chi connectivity index (χ2v) is 9.22. The number of nitrogens with zero attached hydrogens (tertiary/aromatic N) is 4. The molecule has 1 aromatic rings. The van der Waals surface area contributed by atoms with Gasteiger partial charge in [0.15, 0.2) is 5.17 Å². The summed E-state index contributed by atoms with van der Waals surface area (Å²) in [5.74, 6) is 0.399. The van der Waals surface area contributed by atoms with E-state index >= 15 is 0 Å². The molecule has 182 valence electrons. The molecular weight excluding hydrogens is 452 g/mol. The number of methoxy groups -OCH3 is 1. The van der Waals surface area contributed by atoms with Gasteiger partial charge in [-0.3, -0.25) is 4.79 Å². The van der Waals surface area contributed by atoms with Crippen molar-refractivity contribution in [1.82, 2.24) is 14.7 Å². The number of allylic oxidation sites excluding steroid dienone is 1. The fourth-order valence-electron chi connectivity index (χ4n) is 4.55. The number of carbonyl (C=O) groups excluding carboxylic acids is 2. The molecule has 3 heterocycles. The zero-order valence-corrected chi connectivity index (χ0v) is 21.1. The first kappa shape index (κ1) is 24.3. The number of thioether (sulfide) groups is 1. The fraction of sp³-hybridized carbons (Fsp3) is 0.480. The number of aliphatic imine (C=N–C) groups is 1. The van der Waals surface area contributed by atoms with Gasteiger partial charge < -0.3 is 24.2 Å². The van der Waals surface area contributed by atoms with Crippen LogP contribution in [0.15, 0.2) is 51.6 Å². The topological polar surface area (TPSA) is 74.7 Å². The summed E-state index contributed by atoms with van der Waals surface area (Å²) in [5, 5.41) is 2.74. The molecule has 1 atom stereocenters. The number of hydrogen-bond donors (Lipinski definition) is 0.